The Balaban J connectivity index is 1.74. The van der Waals surface area contributed by atoms with Gasteiger partial charge in [-0.25, -0.2) is 4.79 Å². The Morgan fingerprint density at radius 2 is 1.94 bits per heavy atom. The number of carboxylic acid groups (broad SMARTS) is 1. The van der Waals surface area contributed by atoms with Gasteiger partial charge in [0.05, 0.1) is 29.9 Å². The number of ether oxygens (including phenoxy) is 2. The van der Waals surface area contributed by atoms with E-state index in [1.807, 2.05) is 63.2 Å². The third-order valence-electron chi connectivity index (χ3n) is 6.42. The molecule has 2 aromatic carbocycles. The smallest absolute Gasteiger partial charge is 0.407 e. The maximum Gasteiger partial charge on any atom is 0.407 e. The highest BCUT2D eigenvalue weighted by Gasteiger charge is 2.39. The Hall–Kier alpha value is -3.99. The van der Waals surface area contributed by atoms with Crippen molar-refractivity contribution < 1.29 is 19.4 Å². The molecular formula is C27H30N4O4. The summed E-state index contributed by atoms with van der Waals surface area (Å²) in [5, 5.41) is 20.4. The number of aromatic nitrogens is 1. The molecule has 1 atom stereocenters. The topological polar surface area (TPSA) is 98.9 Å². The van der Waals surface area contributed by atoms with Crippen LogP contribution in [-0.2, 0) is 6.61 Å². The molecule has 1 N–H and O–H groups in total. The van der Waals surface area contributed by atoms with E-state index in [1.165, 1.54) is 4.90 Å². The van der Waals surface area contributed by atoms with Crippen molar-refractivity contribution in [1.82, 2.24) is 9.88 Å². The number of hydrogen-bond acceptors (Lipinski definition) is 6. The van der Waals surface area contributed by atoms with Crippen LogP contribution in [0.25, 0.3) is 10.9 Å². The lowest BCUT2D eigenvalue weighted by molar-refractivity contribution is 0.0749. The van der Waals surface area contributed by atoms with Gasteiger partial charge in [0.2, 0.25) is 0 Å². The van der Waals surface area contributed by atoms with E-state index in [9.17, 15) is 15.2 Å². The van der Waals surface area contributed by atoms with Crippen LogP contribution in [0.3, 0.4) is 0 Å². The fraction of sp³-hybridized carbons (Fsp3) is 0.370. The van der Waals surface area contributed by atoms with Crippen molar-refractivity contribution in [2.45, 2.75) is 33.4 Å². The minimum Gasteiger partial charge on any atom is -0.493 e. The van der Waals surface area contributed by atoms with E-state index in [2.05, 4.69) is 16.0 Å². The zero-order valence-electron chi connectivity index (χ0n) is 20.5. The Morgan fingerprint density at radius 3 is 2.57 bits per heavy atom. The molecule has 1 saturated heterocycles. The summed E-state index contributed by atoms with van der Waals surface area (Å²) < 4.78 is 11.7. The number of benzene rings is 2. The second-order valence-electron chi connectivity index (χ2n) is 9.73. The Kier molecular flexibility index (Phi) is 6.70. The molecule has 1 aliphatic heterocycles. The van der Waals surface area contributed by atoms with Crippen LogP contribution < -0.4 is 14.4 Å². The summed E-state index contributed by atoms with van der Waals surface area (Å²) in [6.45, 7) is 7.78. The van der Waals surface area contributed by atoms with Crippen LogP contribution in [0, 0.1) is 16.7 Å². The first-order valence-electron chi connectivity index (χ1n) is 11.5. The number of amides is 1. The maximum absolute atomic E-state index is 11.9. The van der Waals surface area contributed by atoms with E-state index in [0.717, 1.165) is 16.6 Å². The van der Waals surface area contributed by atoms with Crippen LogP contribution in [0.15, 0.2) is 48.7 Å². The molecule has 1 amide bonds. The van der Waals surface area contributed by atoms with E-state index in [0.29, 0.717) is 48.8 Å². The average molecular weight is 475 g/mol. The third-order valence-corrected chi connectivity index (χ3v) is 6.42. The van der Waals surface area contributed by atoms with Gasteiger partial charge in [0, 0.05) is 37.3 Å². The Bertz CT molecular complexity index is 1260. The number of pyridine rings is 1. The fourth-order valence-corrected chi connectivity index (χ4v) is 4.57. The summed E-state index contributed by atoms with van der Waals surface area (Å²) in [6, 6.07) is 15.6. The molecule has 0 radical (unpaired) electrons. The predicted molar refractivity (Wildman–Crippen MR) is 134 cm³/mol. The second kappa shape index (κ2) is 9.71. The first-order chi connectivity index (χ1) is 16.7. The van der Waals surface area contributed by atoms with E-state index in [-0.39, 0.29) is 11.5 Å². The van der Waals surface area contributed by atoms with E-state index in [4.69, 9.17) is 9.47 Å². The van der Waals surface area contributed by atoms with Gasteiger partial charge in [-0.3, -0.25) is 4.98 Å². The zero-order valence-corrected chi connectivity index (χ0v) is 20.5. The normalized spacial score (nSPS) is 16.1. The summed E-state index contributed by atoms with van der Waals surface area (Å²) >= 11 is 0. The summed E-state index contributed by atoms with van der Waals surface area (Å²) in [4.78, 5) is 20.0. The number of anilines is 1. The average Bonchev–Trinajstić information content (AvgIpc) is 2.85. The van der Waals surface area contributed by atoms with Crippen molar-refractivity contribution in [3.05, 3.63) is 59.8 Å². The van der Waals surface area contributed by atoms with Gasteiger partial charge in [-0.05, 0) is 17.0 Å². The maximum atomic E-state index is 11.9. The van der Waals surface area contributed by atoms with Crippen LogP contribution in [-0.4, -0.2) is 53.9 Å². The Morgan fingerprint density at radius 1 is 1.20 bits per heavy atom. The molecule has 0 saturated carbocycles. The van der Waals surface area contributed by atoms with E-state index in [1.54, 1.807) is 13.3 Å². The standard InChI is InChI=1S/C27H30N4O4/c1-27(2,3)24-16-30(10-11-31(24)26(32)33)25-19(14-28)15-29-21-13-23(22(34-4)12-20(21)25)35-17-18-8-6-5-7-9-18/h5-9,12-13,15,24H,10-11,16-17H2,1-4H3,(H,32,33). The van der Waals surface area contributed by atoms with Crippen LogP contribution in [0.4, 0.5) is 10.5 Å². The van der Waals surface area contributed by atoms with Crippen LogP contribution in [0.5, 0.6) is 11.5 Å². The number of piperazine rings is 1. The molecular weight excluding hydrogens is 444 g/mol. The van der Waals surface area contributed by atoms with E-state index >= 15 is 0 Å². The van der Waals surface area contributed by atoms with Gasteiger partial charge >= 0.3 is 6.09 Å². The lowest BCUT2D eigenvalue weighted by Gasteiger charge is -2.47. The summed E-state index contributed by atoms with van der Waals surface area (Å²) in [5.41, 5.74) is 2.62. The van der Waals surface area contributed by atoms with Crippen LogP contribution in [0.2, 0.25) is 0 Å². The molecule has 0 bridgehead atoms. The van der Waals surface area contributed by atoms with E-state index < -0.39 is 6.09 Å². The lowest BCUT2D eigenvalue weighted by Crippen LogP contribution is -2.59. The SMILES string of the molecule is COc1cc2c(N3CCN(C(=O)O)C(C(C)(C)C)C3)c(C#N)cnc2cc1OCc1ccccc1. The van der Waals surface area contributed by atoms with Crippen molar-refractivity contribution >= 4 is 22.7 Å². The lowest BCUT2D eigenvalue weighted by atomic mass is 9.84. The molecule has 1 unspecified atom stereocenters. The summed E-state index contributed by atoms with van der Waals surface area (Å²) in [5.74, 6) is 1.11. The van der Waals surface area contributed by atoms with Gasteiger partial charge in [0.15, 0.2) is 11.5 Å². The van der Waals surface area contributed by atoms with Crippen molar-refractivity contribution in [3.63, 3.8) is 0 Å². The highest BCUT2D eigenvalue weighted by molar-refractivity contribution is 5.96. The minimum absolute atomic E-state index is 0.237. The summed E-state index contributed by atoms with van der Waals surface area (Å²) in [6.07, 6.45) is 0.646. The molecule has 1 aromatic heterocycles. The van der Waals surface area contributed by atoms with Gasteiger partial charge in [-0.2, -0.15) is 5.26 Å². The molecule has 8 heteroatoms. The third kappa shape index (κ3) is 4.94. The molecule has 2 heterocycles. The first kappa shape index (κ1) is 24.1. The number of hydrogen-bond donors (Lipinski definition) is 1. The number of rotatable bonds is 5. The van der Waals surface area contributed by atoms with Gasteiger partial charge in [0.1, 0.15) is 12.7 Å². The molecule has 35 heavy (non-hydrogen) atoms. The van der Waals surface area contributed by atoms with Gasteiger partial charge in [-0.1, -0.05) is 51.1 Å². The highest BCUT2D eigenvalue weighted by atomic mass is 16.5. The number of nitrogens with zero attached hydrogens (tertiary/aromatic N) is 4. The van der Waals surface area contributed by atoms with Crippen LogP contribution >= 0.6 is 0 Å². The molecule has 3 aromatic rings. The minimum atomic E-state index is -0.924. The molecule has 4 rings (SSSR count). The molecule has 0 aliphatic carbocycles. The van der Waals surface area contributed by atoms with Crippen LogP contribution in [0.1, 0.15) is 31.9 Å². The van der Waals surface area contributed by atoms with Gasteiger partial charge < -0.3 is 24.4 Å². The number of fused-ring (bicyclic) bond motifs is 1. The summed E-state index contributed by atoms with van der Waals surface area (Å²) in [7, 11) is 1.58. The fourth-order valence-electron chi connectivity index (χ4n) is 4.57. The molecule has 182 valence electrons. The van der Waals surface area contributed by atoms with Crippen molar-refractivity contribution in [2.75, 3.05) is 31.6 Å². The molecule has 8 nitrogen and oxygen atoms in total. The quantitative estimate of drug-likeness (QED) is 0.561. The number of nitriles is 1. The van der Waals surface area contributed by atoms with Gasteiger partial charge in [-0.15, -0.1) is 0 Å². The molecule has 1 aliphatic rings. The monoisotopic (exact) mass is 474 g/mol. The predicted octanol–water partition coefficient (Wildman–Crippen LogP) is 4.91. The molecule has 1 fully saturated rings. The number of methoxy groups -OCH3 is 1. The van der Waals surface area contributed by atoms with Crippen molar-refractivity contribution in [1.29, 1.82) is 5.26 Å². The second-order valence-corrected chi connectivity index (χ2v) is 9.73. The highest BCUT2D eigenvalue weighted by Crippen LogP contribution is 2.39. The van der Waals surface area contributed by atoms with Crippen molar-refractivity contribution in [3.8, 4) is 17.6 Å². The van der Waals surface area contributed by atoms with Crippen molar-refractivity contribution in [2.24, 2.45) is 5.41 Å². The van der Waals surface area contributed by atoms with Gasteiger partial charge in [0.25, 0.3) is 0 Å². The molecule has 0 spiro atoms. The first-order valence-corrected chi connectivity index (χ1v) is 11.5. The largest absolute Gasteiger partial charge is 0.493 e. The Labute approximate surface area is 205 Å². The number of carbonyl (C=O) groups is 1. The zero-order chi connectivity index (χ0) is 25.2.